The Balaban J connectivity index is 4.28. The second-order valence-corrected chi connectivity index (χ2v) is 18.1. The van der Waals surface area contributed by atoms with Crippen molar-refractivity contribution >= 4 is 17.9 Å². The summed E-state index contributed by atoms with van der Waals surface area (Å²) in [5.41, 5.74) is 0. The summed E-state index contributed by atoms with van der Waals surface area (Å²) in [6, 6.07) is -0.731. The summed E-state index contributed by atoms with van der Waals surface area (Å²) in [4.78, 5) is 37.0. The number of esters is 2. The molecule has 0 rings (SSSR count). The fourth-order valence-electron chi connectivity index (χ4n) is 7.17. The second kappa shape index (κ2) is 45.3. The number of quaternary nitrogens is 1. The van der Waals surface area contributed by atoms with Crippen molar-refractivity contribution in [3.8, 4) is 0 Å². The van der Waals surface area contributed by atoms with Crippen molar-refractivity contribution in [1.82, 2.24) is 0 Å². The zero-order valence-corrected chi connectivity index (χ0v) is 41.2. The molecule has 0 aromatic carbocycles. The van der Waals surface area contributed by atoms with Gasteiger partial charge in [0.1, 0.15) is 12.6 Å². The minimum absolute atomic E-state index is 0.0332. The molecule has 63 heavy (non-hydrogen) atoms. The van der Waals surface area contributed by atoms with E-state index in [0.717, 1.165) is 70.6 Å². The Morgan fingerprint density at radius 1 is 0.508 bits per heavy atom. The van der Waals surface area contributed by atoms with Gasteiger partial charge in [0.05, 0.1) is 40.3 Å². The van der Waals surface area contributed by atoms with Gasteiger partial charge in [-0.05, 0) is 77.0 Å². The molecule has 0 saturated carbocycles. The van der Waals surface area contributed by atoms with Crippen LogP contribution >= 0.6 is 0 Å². The molecule has 0 aliphatic carbocycles. The third kappa shape index (κ3) is 43.8. The van der Waals surface area contributed by atoms with Crippen LogP contribution in [-0.2, 0) is 28.6 Å². The SMILES string of the molecule is CC/C=C/C/C=C/C/C=C/C/C=C/CCCCCCCCCC(=O)OCC(COCCC(C(=O)[O-])[N+](C)(C)C)OC(=O)CCCCCCCCCCCC/C=C/C=C/CCCCC. The Kier molecular flexibility index (Phi) is 43.0. The minimum Gasteiger partial charge on any atom is -0.544 e. The van der Waals surface area contributed by atoms with Crippen LogP contribution in [-0.4, -0.2) is 75.5 Å². The summed E-state index contributed by atoms with van der Waals surface area (Å²) in [5, 5.41) is 11.7. The molecule has 0 saturated heterocycles. The predicted molar refractivity (Wildman–Crippen MR) is 263 cm³/mol. The van der Waals surface area contributed by atoms with Crippen LogP contribution in [0.1, 0.15) is 206 Å². The zero-order chi connectivity index (χ0) is 46.3. The van der Waals surface area contributed by atoms with Crippen LogP contribution in [0.2, 0.25) is 0 Å². The van der Waals surface area contributed by atoms with Gasteiger partial charge in [-0.1, -0.05) is 183 Å². The largest absolute Gasteiger partial charge is 0.544 e. The first-order valence-corrected chi connectivity index (χ1v) is 25.5. The van der Waals surface area contributed by atoms with Gasteiger partial charge in [0, 0.05) is 19.3 Å². The first kappa shape index (κ1) is 59.8. The lowest BCUT2D eigenvalue weighted by molar-refractivity contribution is -0.889. The smallest absolute Gasteiger partial charge is 0.306 e. The number of carbonyl (C=O) groups excluding carboxylic acids is 3. The van der Waals surface area contributed by atoms with E-state index in [2.05, 4.69) is 86.8 Å². The summed E-state index contributed by atoms with van der Waals surface area (Å²) < 4.78 is 17.2. The Labute approximate surface area is 387 Å². The highest BCUT2D eigenvalue weighted by atomic mass is 16.6. The summed E-state index contributed by atoms with van der Waals surface area (Å²) in [7, 11) is 5.41. The van der Waals surface area contributed by atoms with Gasteiger partial charge >= 0.3 is 11.9 Å². The fraction of sp³-hybridized carbons (Fsp3) is 0.727. The maximum Gasteiger partial charge on any atom is 0.306 e. The van der Waals surface area contributed by atoms with Crippen molar-refractivity contribution in [2.75, 3.05) is 41.0 Å². The number of nitrogens with zero attached hydrogens (tertiary/aromatic N) is 1. The Morgan fingerprint density at radius 2 is 0.937 bits per heavy atom. The highest BCUT2D eigenvalue weighted by molar-refractivity contribution is 5.70. The molecule has 0 bridgehead atoms. The van der Waals surface area contributed by atoms with Crippen LogP contribution < -0.4 is 5.11 Å². The number of likely N-dealkylation sites (N-methyl/N-ethyl adjacent to an activating group) is 1. The average Bonchev–Trinajstić information content (AvgIpc) is 3.24. The van der Waals surface area contributed by atoms with Gasteiger partial charge in [0.25, 0.3) is 0 Å². The predicted octanol–water partition coefficient (Wildman–Crippen LogP) is 13.4. The van der Waals surface area contributed by atoms with Crippen LogP contribution in [0.4, 0.5) is 0 Å². The molecule has 8 heteroatoms. The minimum atomic E-state index is -1.13. The lowest BCUT2D eigenvalue weighted by Crippen LogP contribution is -2.55. The number of hydrogen-bond acceptors (Lipinski definition) is 7. The topological polar surface area (TPSA) is 102 Å². The van der Waals surface area contributed by atoms with E-state index in [1.807, 2.05) is 0 Å². The molecule has 362 valence electrons. The number of ether oxygens (including phenoxy) is 3. The first-order chi connectivity index (χ1) is 30.6. The van der Waals surface area contributed by atoms with E-state index in [0.29, 0.717) is 12.8 Å². The standard InChI is InChI=1S/C55H95NO7/c1-6-8-10-12-14-16-18-20-22-24-26-28-29-31-33-35-37-39-41-43-45-53(57)62-50-51(49-61-48-47-52(55(59)60)56(3,4)5)63-54(58)46-44-42-40-38-36-34-32-30-27-25-23-21-19-17-15-13-11-9-7-2/h8,10,14-17,19-22,26,28,51-52H,6-7,9,11-13,18,23-25,27,29-50H2,1-5H3/b10-8+,16-14+,17-15+,21-19+,22-20+,28-26+. The molecule has 8 nitrogen and oxygen atoms in total. The summed E-state index contributed by atoms with van der Waals surface area (Å²) in [6.07, 6.45) is 57.8. The molecule has 0 aromatic heterocycles. The van der Waals surface area contributed by atoms with Crippen LogP contribution in [0.25, 0.3) is 0 Å². The number of unbranched alkanes of at least 4 members (excludes halogenated alkanes) is 20. The first-order valence-electron chi connectivity index (χ1n) is 25.5. The van der Waals surface area contributed by atoms with Gasteiger partial charge in [-0.3, -0.25) is 9.59 Å². The molecule has 0 spiro atoms. The molecule has 0 aliphatic rings. The van der Waals surface area contributed by atoms with Gasteiger partial charge in [-0.15, -0.1) is 0 Å². The number of carbonyl (C=O) groups is 3. The van der Waals surface area contributed by atoms with E-state index in [4.69, 9.17) is 14.2 Å². The van der Waals surface area contributed by atoms with Crippen LogP contribution in [0.15, 0.2) is 72.9 Å². The molecule has 0 radical (unpaired) electrons. The number of allylic oxidation sites excluding steroid dienone is 12. The van der Waals surface area contributed by atoms with Crippen molar-refractivity contribution in [3.05, 3.63) is 72.9 Å². The monoisotopic (exact) mass is 882 g/mol. The summed E-state index contributed by atoms with van der Waals surface area (Å²) in [6.45, 7) is 4.52. The lowest BCUT2D eigenvalue weighted by atomic mass is 10.1. The van der Waals surface area contributed by atoms with E-state index in [1.54, 1.807) is 21.1 Å². The quantitative estimate of drug-likeness (QED) is 0.0197. The molecule has 0 fully saturated rings. The number of rotatable bonds is 45. The molecule has 0 aliphatic heterocycles. The molecule has 0 heterocycles. The van der Waals surface area contributed by atoms with Gasteiger partial charge < -0.3 is 28.6 Å². The van der Waals surface area contributed by atoms with E-state index in [9.17, 15) is 19.5 Å². The van der Waals surface area contributed by atoms with Gasteiger partial charge in [0.15, 0.2) is 6.10 Å². The van der Waals surface area contributed by atoms with Crippen molar-refractivity contribution in [2.45, 2.75) is 219 Å². The second-order valence-electron chi connectivity index (χ2n) is 18.1. The van der Waals surface area contributed by atoms with Gasteiger partial charge in [-0.2, -0.15) is 0 Å². The molecule has 2 atom stereocenters. The maximum absolute atomic E-state index is 12.8. The van der Waals surface area contributed by atoms with Crippen molar-refractivity contribution in [3.63, 3.8) is 0 Å². The maximum atomic E-state index is 12.8. The molecular weight excluding hydrogens is 787 g/mol. The van der Waals surface area contributed by atoms with Crippen molar-refractivity contribution < 1.29 is 38.2 Å². The Hall–Kier alpha value is -3.23. The van der Waals surface area contributed by atoms with Crippen LogP contribution in [0.3, 0.4) is 0 Å². The van der Waals surface area contributed by atoms with E-state index in [1.165, 1.54) is 103 Å². The van der Waals surface area contributed by atoms with E-state index >= 15 is 0 Å². The molecule has 0 N–H and O–H groups in total. The highest BCUT2D eigenvalue weighted by Gasteiger charge is 2.25. The lowest BCUT2D eigenvalue weighted by Gasteiger charge is -2.34. The number of carboxylic acids is 1. The average molecular weight is 882 g/mol. The Morgan fingerprint density at radius 3 is 1.41 bits per heavy atom. The Bertz CT molecular complexity index is 1260. The number of carboxylic acid groups (broad SMARTS) is 1. The highest BCUT2D eigenvalue weighted by Crippen LogP contribution is 2.15. The van der Waals surface area contributed by atoms with Gasteiger partial charge in [-0.25, -0.2) is 0 Å². The van der Waals surface area contributed by atoms with Crippen LogP contribution in [0, 0.1) is 0 Å². The van der Waals surface area contributed by atoms with Crippen molar-refractivity contribution in [2.24, 2.45) is 0 Å². The molecule has 0 aromatic rings. The molecular formula is C55H95NO7. The molecule has 0 amide bonds. The third-order valence-corrected chi connectivity index (χ3v) is 11.1. The number of hydrogen-bond donors (Lipinski definition) is 0. The van der Waals surface area contributed by atoms with Crippen LogP contribution in [0.5, 0.6) is 0 Å². The summed E-state index contributed by atoms with van der Waals surface area (Å²) in [5.74, 6) is -1.75. The molecule has 2 unspecified atom stereocenters. The normalized spacial score (nSPS) is 13.5. The fourth-order valence-corrected chi connectivity index (χ4v) is 7.17. The van der Waals surface area contributed by atoms with Gasteiger partial charge in [0.2, 0.25) is 0 Å². The summed E-state index contributed by atoms with van der Waals surface area (Å²) >= 11 is 0. The van der Waals surface area contributed by atoms with E-state index in [-0.39, 0.29) is 42.7 Å². The van der Waals surface area contributed by atoms with Crippen molar-refractivity contribution in [1.29, 1.82) is 0 Å². The van der Waals surface area contributed by atoms with E-state index < -0.39 is 18.1 Å². The number of aliphatic carboxylic acids is 1. The zero-order valence-electron chi connectivity index (χ0n) is 41.2. The third-order valence-electron chi connectivity index (χ3n) is 11.1.